The number of halogens is 1. The second kappa shape index (κ2) is 7.32. The molecule has 2 heterocycles. The second-order valence-corrected chi connectivity index (χ2v) is 6.56. The van der Waals surface area contributed by atoms with E-state index in [0.717, 1.165) is 37.7 Å². The molecule has 1 aliphatic carbocycles. The van der Waals surface area contributed by atoms with Crippen LogP contribution in [0.5, 0.6) is 0 Å². The first-order chi connectivity index (χ1) is 10.3. The topological polar surface area (TPSA) is 28.2 Å². The van der Waals surface area contributed by atoms with Crippen LogP contribution < -0.4 is 5.32 Å². The fourth-order valence-corrected chi connectivity index (χ4v) is 3.82. The van der Waals surface area contributed by atoms with Gasteiger partial charge >= 0.3 is 0 Å². The maximum absolute atomic E-state index is 13.3. The van der Waals surface area contributed by atoms with Gasteiger partial charge in [-0.05, 0) is 49.9 Å². The Labute approximate surface area is 126 Å². The number of hydrogen-bond acceptors (Lipinski definition) is 3. The van der Waals surface area contributed by atoms with E-state index in [0.29, 0.717) is 6.04 Å². The van der Waals surface area contributed by atoms with Crippen LogP contribution >= 0.6 is 0 Å². The molecule has 0 bridgehead atoms. The van der Waals surface area contributed by atoms with Crippen molar-refractivity contribution < 1.29 is 4.39 Å². The smallest absolute Gasteiger partial charge is 0.141 e. The molecule has 1 atom stereocenters. The van der Waals surface area contributed by atoms with Crippen molar-refractivity contribution in [2.45, 2.75) is 51.1 Å². The van der Waals surface area contributed by atoms with Gasteiger partial charge in [0.15, 0.2) is 0 Å². The average molecular weight is 291 g/mol. The molecule has 1 aromatic rings. The summed E-state index contributed by atoms with van der Waals surface area (Å²) in [4.78, 5) is 6.43. The van der Waals surface area contributed by atoms with Crippen LogP contribution in [0.25, 0.3) is 0 Å². The quantitative estimate of drug-likeness (QED) is 0.928. The van der Waals surface area contributed by atoms with Gasteiger partial charge in [-0.25, -0.2) is 4.39 Å². The summed E-state index contributed by atoms with van der Waals surface area (Å²) in [5.74, 6) is 0.592. The molecule has 1 N–H and O–H groups in total. The van der Waals surface area contributed by atoms with Gasteiger partial charge < -0.3 is 5.32 Å². The van der Waals surface area contributed by atoms with Gasteiger partial charge in [-0.1, -0.05) is 19.3 Å². The van der Waals surface area contributed by atoms with E-state index < -0.39 is 0 Å². The highest BCUT2D eigenvalue weighted by atomic mass is 19.1. The van der Waals surface area contributed by atoms with E-state index in [1.807, 2.05) is 0 Å². The molecule has 4 heteroatoms. The van der Waals surface area contributed by atoms with E-state index in [-0.39, 0.29) is 5.82 Å². The molecule has 1 saturated heterocycles. The molecule has 0 radical (unpaired) electrons. The maximum atomic E-state index is 13.3. The lowest BCUT2D eigenvalue weighted by molar-refractivity contribution is 0.201. The molecule has 2 aliphatic rings. The fraction of sp³-hybridized carbons (Fsp3) is 0.706. The predicted octanol–water partition coefficient (Wildman–Crippen LogP) is 2.96. The Bertz CT molecular complexity index is 445. The molecule has 1 saturated carbocycles. The molecule has 0 spiro atoms. The van der Waals surface area contributed by atoms with Gasteiger partial charge in [0.05, 0.1) is 6.20 Å². The SMILES string of the molecule is Fc1cncc(CN2CCCNC(C3CCCCC3)C2)c1. The van der Waals surface area contributed by atoms with Gasteiger partial charge in [-0.3, -0.25) is 9.88 Å². The third kappa shape index (κ3) is 4.24. The first kappa shape index (κ1) is 14.9. The minimum atomic E-state index is -0.232. The van der Waals surface area contributed by atoms with E-state index in [9.17, 15) is 4.39 Å². The molecular weight excluding hydrogens is 265 g/mol. The van der Waals surface area contributed by atoms with Crippen LogP contribution in [0.15, 0.2) is 18.5 Å². The molecule has 1 aromatic heterocycles. The van der Waals surface area contributed by atoms with Crippen molar-refractivity contribution in [1.82, 2.24) is 15.2 Å². The summed E-state index contributed by atoms with van der Waals surface area (Å²) in [6.07, 6.45) is 11.1. The van der Waals surface area contributed by atoms with Crippen LogP contribution in [-0.4, -0.2) is 35.6 Å². The number of rotatable bonds is 3. The van der Waals surface area contributed by atoms with Crippen molar-refractivity contribution in [3.05, 3.63) is 29.8 Å². The number of nitrogens with one attached hydrogen (secondary N) is 1. The van der Waals surface area contributed by atoms with Crippen LogP contribution in [0.2, 0.25) is 0 Å². The minimum absolute atomic E-state index is 0.232. The van der Waals surface area contributed by atoms with E-state index in [1.165, 1.54) is 44.7 Å². The largest absolute Gasteiger partial charge is 0.312 e. The summed E-state index contributed by atoms with van der Waals surface area (Å²) >= 11 is 0. The molecule has 1 aliphatic heterocycles. The van der Waals surface area contributed by atoms with E-state index in [2.05, 4.69) is 15.2 Å². The van der Waals surface area contributed by atoms with Crippen LogP contribution in [0.1, 0.15) is 44.1 Å². The van der Waals surface area contributed by atoms with Gasteiger partial charge in [0.25, 0.3) is 0 Å². The number of aromatic nitrogens is 1. The van der Waals surface area contributed by atoms with Crippen LogP contribution in [0, 0.1) is 11.7 Å². The summed E-state index contributed by atoms with van der Waals surface area (Å²) in [6.45, 7) is 4.10. The van der Waals surface area contributed by atoms with Crippen LogP contribution in [-0.2, 0) is 6.54 Å². The van der Waals surface area contributed by atoms with Crippen molar-refractivity contribution >= 4 is 0 Å². The molecule has 21 heavy (non-hydrogen) atoms. The summed E-state index contributed by atoms with van der Waals surface area (Å²) in [5, 5.41) is 3.75. The Balaban J connectivity index is 1.61. The van der Waals surface area contributed by atoms with Crippen LogP contribution in [0.3, 0.4) is 0 Å². The zero-order chi connectivity index (χ0) is 14.5. The Morgan fingerprint density at radius 1 is 1.19 bits per heavy atom. The van der Waals surface area contributed by atoms with Crippen molar-refractivity contribution in [2.24, 2.45) is 5.92 Å². The standard InChI is InChI=1S/C17H26FN3/c18-16-9-14(10-19-11-16)12-21-8-4-7-20-17(13-21)15-5-2-1-3-6-15/h9-11,15,17,20H,1-8,12-13H2. The molecular formula is C17H26FN3. The Kier molecular flexibility index (Phi) is 5.20. The highest BCUT2D eigenvalue weighted by molar-refractivity contribution is 5.10. The second-order valence-electron chi connectivity index (χ2n) is 6.56. The number of nitrogens with zero attached hydrogens (tertiary/aromatic N) is 2. The van der Waals surface area contributed by atoms with Crippen LogP contribution in [0.4, 0.5) is 4.39 Å². The summed E-state index contributed by atoms with van der Waals surface area (Å²) in [5.41, 5.74) is 0.985. The van der Waals surface area contributed by atoms with Gasteiger partial charge in [0.2, 0.25) is 0 Å². The Morgan fingerprint density at radius 3 is 2.86 bits per heavy atom. The fourth-order valence-electron chi connectivity index (χ4n) is 3.82. The molecule has 3 rings (SSSR count). The Morgan fingerprint density at radius 2 is 2.05 bits per heavy atom. The molecule has 0 aromatic carbocycles. The van der Waals surface area contributed by atoms with Gasteiger partial charge in [-0.2, -0.15) is 0 Å². The summed E-state index contributed by atoms with van der Waals surface area (Å²) in [7, 11) is 0. The van der Waals surface area contributed by atoms with Gasteiger partial charge in [-0.15, -0.1) is 0 Å². The molecule has 0 amide bonds. The number of hydrogen-bond donors (Lipinski definition) is 1. The lowest BCUT2D eigenvalue weighted by Crippen LogP contribution is -2.43. The molecule has 3 nitrogen and oxygen atoms in total. The molecule has 2 fully saturated rings. The zero-order valence-corrected chi connectivity index (χ0v) is 12.7. The maximum Gasteiger partial charge on any atom is 0.141 e. The molecule has 116 valence electrons. The van der Waals surface area contributed by atoms with E-state index >= 15 is 0 Å². The normalized spacial score (nSPS) is 25.7. The summed E-state index contributed by atoms with van der Waals surface area (Å²) in [6, 6.07) is 2.22. The predicted molar refractivity (Wildman–Crippen MR) is 82.5 cm³/mol. The highest BCUT2D eigenvalue weighted by Gasteiger charge is 2.26. The highest BCUT2D eigenvalue weighted by Crippen LogP contribution is 2.27. The van der Waals surface area contributed by atoms with Gasteiger partial charge in [0, 0.05) is 25.3 Å². The van der Waals surface area contributed by atoms with Crippen molar-refractivity contribution in [3.63, 3.8) is 0 Å². The Hall–Kier alpha value is -1.00. The lowest BCUT2D eigenvalue weighted by atomic mass is 9.83. The van der Waals surface area contributed by atoms with E-state index in [1.54, 1.807) is 12.3 Å². The third-order valence-corrected chi connectivity index (χ3v) is 4.90. The lowest BCUT2D eigenvalue weighted by Gasteiger charge is -2.33. The first-order valence-corrected chi connectivity index (χ1v) is 8.36. The monoisotopic (exact) mass is 291 g/mol. The van der Waals surface area contributed by atoms with Crippen molar-refractivity contribution in [2.75, 3.05) is 19.6 Å². The van der Waals surface area contributed by atoms with Crippen molar-refractivity contribution in [1.29, 1.82) is 0 Å². The van der Waals surface area contributed by atoms with Crippen molar-refractivity contribution in [3.8, 4) is 0 Å². The first-order valence-electron chi connectivity index (χ1n) is 8.36. The average Bonchev–Trinajstić information content (AvgIpc) is 2.74. The summed E-state index contributed by atoms with van der Waals surface area (Å²) < 4.78 is 13.3. The molecule has 1 unspecified atom stereocenters. The zero-order valence-electron chi connectivity index (χ0n) is 12.7. The van der Waals surface area contributed by atoms with Gasteiger partial charge in [0.1, 0.15) is 5.82 Å². The minimum Gasteiger partial charge on any atom is -0.312 e. The van der Waals surface area contributed by atoms with E-state index in [4.69, 9.17) is 0 Å². The third-order valence-electron chi connectivity index (χ3n) is 4.90. The number of pyridine rings is 1.